The van der Waals surface area contributed by atoms with E-state index in [0.717, 1.165) is 24.2 Å². The summed E-state index contributed by atoms with van der Waals surface area (Å²) in [5.41, 5.74) is 5.72. The predicted octanol–water partition coefficient (Wildman–Crippen LogP) is 2.11. The Balaban J connectivity index is 1.36. The van der Waals surface area contributed by atoms with Crippen LogP contribution in [0, 0.1) is 5.92 Å². The Morgan fingerprint density at radius 3 is 2.90 bits per heavy atom. The van der Waals surface area contributed by atoms with Gasteiger partial charge in [0.05, 0.1) is 0 Å². The van der Waals surface area contributed by atoms with Crippen molar-refractivity contribution < 1.29 is 18.8 Å². The molecule has 1 saturated carbocycles. The van der Waals surface area contributed by atoms with Crippen molar-refractivity contribution >= 4 is 11.8 Å². The summed E-state index contributed by atoms with van der Waals surface area (Å²) in [6.45, 7) is 2.33. The maximum absolute atomic E-state index is 13.2. The molecule has 2 aromatic rings. The fraction of sp³-hybridized carbons (Fsp3) is 0.524. The van der Waals surface area contributed by atoms with E-state index in [2.05, 4.69) is 10.1 Å². The lowest BCUT2D eigenvalue weighted by Gasteiger charge is -2.52. The van der Waals surface area contributed by atoms with Gasteiger partial charge in [-0.05, 0) is 37.8 Å². The van der Waals surface area contributed by atoms with Gasteiger partial charge in [0, 0.05) is 31.2 Å². The SMILES string of the molecule is C[C@@]12C[C@@H](c3ccccc3O1)[C@@H](C(N)=O)C(=O)N2CCCc1nc(C2CC2)no1. The van der Waals surface area contributed by atoms with E-state index < -0.39 is 17.6 Å². The van der Waals surface area contributed by atoms with Crippen molar-refractivity contribution in [2.24, 2.45) is 11.7 Å². The van der Waals surface area contributed by atoms with E-state index in [9.17, 15) is 9.59 Å². The van der Waals surface area contributed by atoms with E-state index in [1.54, 1.807) is 4.90 Å². The highest BCUT2D eigenvalue weighted by Crippen LogP contribution is 2.50. The largest absolute Gasteiger partial charge is 0.468 e. The van der Waals surface area contributed by atoms with Gasteiger partial charge in [0.1, 0.15) is 11.7 Å². The molecule has 2 fully saturated rings. The number of amides is 2. The van der Waals surface area contributed by atoms with Crippen LogP contribution in [0.1, 0.15) is 61.7 Å². The zero-order chi connectivity index (χ0) is 20.2. The summed E-state index contributed by atoms with van der Waals surface area (Å²) in [6, 6.07) is 7.57. The first-order valence-electron chi connectivity index (χ1n) is 10.2. The number of primary amides is 1. The van der Waals surface area contributed by atoms with Gasteiger partial charge in [0.25, 0.3) is 0 Å². The number of carbonyl (C=O) groups excluding carboxylic acids is 2. The molecule has 0 radical (unpaired) electrons. The second-order valence-corrected chi connectivity index (χ2v) is 8.42. The number of rotatable bonds is 6. The average Bonchev–Trinajstić information content (AvgIpc) is 3.42. The third-order valence-corrected chi connectivity index (χ3v) is 6.26. The highest BCUT2D eigenvalue weighted by molar-refractivity contribution is 6.01. The summed E-state index contributed by atoms with van der Waals surface area (Å²) in [7, 11) is 0. The quantitative estimate of drug-likeness (QED) is 0.749. The van der Waals surface area contributed by atoms with Crippen LogP contribution in [-0.4, -0.2) is 39.1 Å². The van der Waals surface area contributed by atoms with Crippen molar-refractivity contribution in [2.75, 3.05) is 6.54 Å². The first kappa shape index (κ1) is 18.1. The van der Waals surface area contributed by atoms with Crippen LogP contribution in [0.4, 0.5) is 0 Å². The molecule has 29 heavy (non-hydrogen) atoms. The molecule has 2 amide bonds. The van der Waals surface area contributed by atoms with E-state index in [1.165, 1.54) is 0 Å². The number of carbonyl (C=O) groups is 2. The third kappa shape index (κ3) is 3.07. The molecular weight excluding hydrogens is 372 g/mol. The average molecular weight is 396 g/mol. The minimum absolute atomic E-state index is 0.261. The molecule has 8 nitrogen and oxygen atoms in total. The molecule has 2 bridgehead atoms. The smallest absolute Gasteiger partial charge is 0.238 e. The maximum Gasteiger partial charge on any atom is 0.238 e. The van der Waals surface area contributed by atoms with Gasteiger partial charge in [-0.25, -0.2) is 0 Å². The van der Waals surface area contributed by atoms with Crippen molar-refractivity contribution in [3.8, 4) is 5.75 Å². The molecule has 152 valence electrons. The molecule has 3 atom stereocenters. The number of fused-ring (bicyclic) bond motifs is 4. The minimum Gasteiger partial charge on any atom is -0.468 e. The van der Waals surface area contributed by atoms with Crippen LogP contribution in [0.2, 0.25) is 0 Å². The lowest BCUT2D eigenvalue weighted by Crippen LogP contribution is -2.64. The van der Waals surface area contributed by atoms with E-state index in [1.807, 2.05) is 31.2 Å². The first-order valence-corrected chi connectivity index (χ1v) is 10.2. The summed E-state index contributed by atoms with van der Waals surface area (Å²) < 4.78 is 11.6. The lowest BCUT2D eigenvalue weighted by atomic mass is 9.73. The molecule has 8 heteroatoms. The Hall–Kier alpha value is -2.90. The molecule has 0 unspecified atom stereocenters. The van der Waals surface area contributed by atoms with Crippen LogP contribution in [0.15, 0.2) is 28.8 Å². The zero-order valence-electron chi connectivity index (χ0n) is 16.3. The van der Waals surface area contributed by atoms with Crippen LogP contribution in [0.25, 0.3) is 0 Å². The van der Waals surface area contributed by atoms with Gasteiger partial charge in [-0.2, -0.15) is 4.98 Å². The number of likely N-dealkylation sites (tertiary alicyclic amines) is 1. The number of nitrogens with zero attached hydrogens (tertiary/aromatic N) is 3. The van der Waals surface area contributed by atoms with Gasteiger partial charge in [-0.15, -0.1) is 0 Å². The Bertz CT molecular complexity index is 969. The number of hydrogen-bond donors (Lipinski definition) is 1. The predicted molar refractivity (Wildman–Crippen MR) is 102 cm³/mol. The molecule has 2 N–H and O–H groups in total. The summed E-state index contributed by atoms with van der Waals surface area (Å²) >= 11 is 0. The van der Waals surface area contributed by atoms with Crippen molar-refractivity contribution in [3.63, 3.8) is 0 Å². The molecule has 1 aliphatic carbocycles. The van der Waals surface area contributed by atoms with Crippen LogP contribution in [0.3, 0.4) is 0 Å². The Morgan fingerprint density at radius 1 is 1.34 bits per heavy atom. The highest BCUT2D eigenvalue weighted by atomic mass is 16.5. The van der Waals surface area contributed by atoms with E-state index in [0.29, 0.717) is 43.4 Å². The number of piperidine rings is 1. The van der Waals surface area contributed by atoms with Crippen molar-refractivity contribution in [1.82, 2.24) is 15.0 Å². The second-order valence-electron chi connectivity index (χ2n) is 8.42. The molecule has 1 saturated heterocycles. The van der Waals surface area contributed by atoms with Crippen LogP contribution < -0.4 is 10.5 Å². The summed E-state index contributed by atoms with van der Waals surface area (Å²) in [6.07, 6.45) is 3.98. The second kappa shape index (κ2) is 6.57. The van der Waals surface area contributed by atoms with Gasteiger partial charge in [-0.1, -0.05) is 23.4 Å². The molecule has 3 aliphatic rings. The van der Waals surface area contributed by atoms with Crippen LogP contribution in [-0.2, 0) is 16.0 Å². The molecule has 3 heterocycles. The minimum atomic E-state index is -0.877. The van der Waals surface area contributed by atoms with Crippen molar-refractivity contribution in [3.05, 3.63) is 41.5 Å². The van der Waals surface area contributed by atoms with E-state index in [4.69, 9.17) is 15.0 Å². The number of hydrogen-bond acceptors (Lipinski definition) is 6. The number of nitrogens with two attached hydrogens (primary N) is 1. The third-order valence-electron chi connectivity index (χ3n) is 6.26. The van der Waals surface area contributed by atoms with Gasteiger partial charge in [0.15, 0.2) is 11.5 Å². The van der Waals surface area contributed by atoms with Gasteiger partial charge in [-0.3, -0.25) is 9.59 Å². The number of aromatic nitrogens is 2. The standard InChI is InChI=1S/C21H24N4O4/c1-21-11-14(13-5-2-3-6-15(13)28-21)17(18(22)26)20(27)25(21)10-4-7-16-23-19(24-29-16)12-8-9-12/h2-3,5-6,12,14,17H,4,7-11H2,1H3,(H2,22,26)/t14-,17-,21-/m0/s1. The number of aryl methyl sites for hydroxylation is 1. The lowest BCUT2D eigenvalue weighted by molar-refractivity contribution is -0.175. The molecular formula is C21H24N4O4. The molecule has 5 rings (SSSR count). The molecule has 1 aromatic heterocycles. The number of benzene rings is 1. The summed E-state index contributed by atoms with van der Waals surface area (Å²) in [4.78, 5) is 31.5. The Morgan fingerprint density at radius 2 is 2.14 bits per heavy atom. The monoisotopic (exact) mass is 396 g/mol. The molecule has 1 aromatic carbocycles. The fourth-order valence-electron chi connectivity index (χ4n) is 4.64. The van der Waals surface area contributed by atoms with Gasteiger partial charge >= 0.3 is 0 Å². The summed E-state index contributed by atoms with van der Waals surface area (Å²) in [5.74, 6) is 0.525. The molecule has 2 aliphatic heterocycles. The Labute approximate surface area is 168 Å². The van der Waals surface area contributed by atoms with E-state index >= 15 is 0 Å². The number of ether oxygens (including phenoxy) is 1. The summed E-state index contributed by atoms with van der Waals surface area (Å²) in [5, 5.41) is 4.03. The number of para-hydroxylation sites is 1. The topological polar surface area (TPSA) is 112 Å². The fourth-order valence-corrected chi connectivity index (χ4v) is 4.64. The molecule has 0 spiro atoms. The van der Waals surface area contributed by atoms with Crippen LogP contribution >= 0.6 is 0 Å². The first-order chi connectivity index (χ1) is 14.0. The normalized spacial score (nSPS) is 28.0. The van der Waals surface area contributed by atoms with Crippen molar-refractivity contribution in [1.29, 1.82) is 0 Å². The maximum atomic E-state index is 13.2. The van der Waals surface area contributed by atoms with Gasteiger partial charge < -0.3 is 19.9 Å². The van der Waals surface area contributed by atoms with Crippen LogP contribution in [0.5, 0.6) is 5.75 Å². The van der Waals surface area contributed by atoms with Crippen molar-refractivity contribution in [2.45, 2.75) is 56.6 Å². The highest BCUT2D eigenvalue weighted by Gasteiger charge is 2.55. The zero-order valence-corrected chi connectivity index (χ0v) is 16.3. The van der Waals surface area contributed by atoms with E-state index in [-0.39, 0.29) is 11.8 Å². The van der Waals surface area contributed by atoms with Gasteiger partial charge in [0.2, 0.25) is 17.7 Å². The Kier molecular flexibility index (Phi) is 4.11.